The third kappa shape index (κ3) is 1.10. The second-order valence-corrected chi connectivity index (χ2v) is 5.05. The van der Waals surface area contributed by atoms with E-state index in [0.29, 0.717) is 5.54 Å². The number of rotatable bonds is 0. The molecule has 1 nitrogen and oxygen atoms in total. The highest BCUT2D eigenvalue weighted by Crippen LogP contribution is 2.42. The molecule has 2 atom stereocenters. The van der Waals surface area contributed by atoms with Crippen molar-refractivity contribution in [3.8, 4) is 0 Å². The molecule has 0 unspecified atom stereocenters. The molecule has 3 rings (SSSR count). The van der Waals surface area contributed by atoms with Crippen LogP contribution in [0.3, 0.4) is 0 Å². The first-order valence-electron chi connectivity index (χ1n) is 4.87. The Morgan fingerprint density at radius 2 is 1.64 bits per heavy atom. The molecule has 2 aliphatic heterocycles. The van der Waals surface area contributed by atoms with Crippen molar-refractivity contribution >= 4 is 0 Å². The third-order valence-corrected chi connectivity index (χ3v) is 3.18. The number of hydrogen-bond acceptors (Lipinski definition) is 1. The quantitative estimate of drug-likeness (QED) is 0.516. The lowest BCUT2D eigenvalue weighted by Gasteiger charge is -2.59. The Kier molecular flexibility index (Phi) is 1.54. The van der Waals surface area contributed by atoms with Crippen molar-refractivity contribution in [2.75, 3.05) is 0 Å². The van der Waals surface area contributed by atoms with E-state index in [1.54, 1.807) is 0 Å². The zero-order chi connectivity index (χ0) is 8.06. The van der Waals surface area contributed by atoms with Gasteiger partial charge < -0.3 is 0 Å². The number of fused-ring (bicyclic) bond motifs is 2. The van der Waals surface area contributed by atoms with Gasteiger partial charge in [-0.2, -0.15) is 0 Å². The summed E-state index contributed by atoms with van der Waals surface area (Å²) < 4.78 is 0. The SMILES string of the molecule is CC(C)(C)N1[C@@H]2CCC[C@H]1C2. The average Bonchev–Trinajstić information content (AvgIpc) is 1.85. The molecule has 3 aliphatic rings. The summed E-state index contributed by atoms with van der Waals surface area (Å²) >= 11 is 0. The van der Waals surface area contributed by atoms with E-state index in [9.17, 15) is 0 Å². The van der Waals surface area contributed by atoms with Crippen molar-refractivity contribution in [3.63, 3.8) is 0 Å². The van der Waals surface area contributed by atoms with Crippen LogP contribution in [0.4, 0.5) is 0 Å². The van der Waals surface area contributed by atoms with Crippen LogP contribution in [-0.2, 0) is 0 Å². The second kappa shape index (κ2) is 2.22. The smallest absolute Gasteiger partial charge is 0.0130 e. The third-order valence-electron chi connectivity index (χ3n) is 3.18. The monoisotopic (exact) mass is 153 g/mol. The van der Waals surface area contributed by atoms with Gasteiger partial charge in [0, 0.05) is 17.6 Å². The molecule has 1 aliphatic carbocycles. The minimum absolute atomic E-state index is 0.425. The Balaban J connectivity index is 2.06. The maximum Gasteiger partial charge on any atom is 0.0130 e. The molecule has 0 N–H and O–H groups in total. The minimum Gasteiger partial charge on any atom is -0.292 e. The van der Waals surface area contributed by atoms with Gasteiger partial charge in [0.1, 0.15) is 0 Å². The van der Waals surface area contributed by atoms with E-state index in [-0.39, 0.29) is 0 Å². The summed E-state index contributed by atoms with van der Waals surface area (Å²) in [6, 6.07) is 1.88. The van der Waals surface area contributed by atoms with Crippen LogP contribution in [0.25, 0.3) is 0 Å². The lowest BCUT2D eigenvalue weighted by molar-refractivity contribution is -0.0899. The van der Waals surface area contributed by atoms with E-state index in [1.165, 1.54) is 25.7 Å². The molecule has 64 valence electrons. The van der Waals surface area contributed by atoms with Gasteiger partial charge in [0.05, 0.1) is 0 Å². The van der Waals surface area contributed by atoms with Gasteiger partial charge in [-0.15, -0.1) is 0 Å². The molecule has 1 saturated carbocycles. The van der Waals surface area contributed by atoms with Crippen molar-refractivity contribution in [2.45, 2.75) is 64.1 Å². The Bertz CT molecular complexity index is 143. The van der Waals surface area contributed by atoms with Crippen LogP contribution < -0.4 is 0 Å². The molecule has 0 aromatic rings. The van der Waals surface area contributed by atoms with Crippen LogP contribution >= 0.6 is 0 Å². The summed E-state index contributed by atoms with van der Waals surface area (Å²) in [5.41, 5.74) is 0.425. The summed E-state index contributed by atoms with van der Waals surface area (Å²) in [5, 5.41) is 0. The average molecular weight is 153 g/mol. The van der Waals surface area contributed by atoms with Crippen molar-refractivity contribution < 1.29 is 0 Å². The van der Waals surface area contributed by atoms with Crippen molar-refractivity contribution in [2.24, 2.45) is 0 Å². The predicted molar refractivity (Wildman–Crippen MR) is 47.6 cm³/mol. The van der Waals surface area contributed by atoms with Crippen LogP contribution in [0.15, 0.2) is 0 Å². The zero-order valence-electron chi connectivity index (χ0n) is 7.93. The standard InChI is InChI=1S/C10H19N/c1-10(2,3)11-8-5-4-6-9(11)7-8/h8-9H,4-7H2,1-3H3/t8-,9+. The molecule has 11 heavy (non-hydrogen) atoms. The fourth-order valence-corrected chi connectivity index (χ4v) is 2.90. The summed E-state index contributed by atoms with van der Waals surface area (Å²) in [6.45, 7) is 7.03. The Labute approximate surface area is 69.8 Å². The lowest BCUT2D eigenvalue weighted by Crippen LogP contribution is -2.65. The van der Waals surface area contributed by atoms with Crippen LogP contribution in [0.2, 0.25) is 0 Å². The molecule has 0 spiro atoms. The molecular formula is C10H19N. The molecule has 0 amide bonds. The predicted octanol–water partition coefficient (Wildman–Crippen LogP) is 2.41. The molecule has 2 saturated heterocycles. The van der Waals surface area contributed by atoms with Gasteiger partial charge >= 0.3 is 0 Å². The van der Waals surface area contributed by atoms with Crippen LogP contribution in [0.5, 0.6) is 0 Å². The second-order valence-electron chi connectivity index (χ2n) is 5.05. The molecule has 0 aromatic heterocycles. The molecule has 2 bridgehead atoms. The zero-order valence-corrected chi connectivity index (χ0v) is 7.93. The van der Waals surface area contributed by atoms with E-state index in [1.807, 2.05) is 0 Å². The van der Waals surface area contributed by atoms with E-state index >= 15 is 0 Å². The summed E-state index contributed by atoms with van der Waals surface area (Å²) in [6.07, 6.45) is 5.86. The molecule has 0 radical (unpaired) electrons. The van der Waals surface area contributed by atoms with E-state index in [2.05, 4.69) is 25.7 Å². The van der Waals surface area contributed by atoms with Gasteiger partial charge in [0.2, 0.25) is 0 Å². The normalized spacial score (nSPS) is 38.5. The van der Waals surface area contributed by atoms with E-state index in [0.717, 1.165) is 12.1 Å². The van der Waals surface area contributed by atoms with Crippen LogP contribution in [0.1, 0.15) is 46.5 Å². The molecule has 1 heteroatoms. The first kappa shape index (κ1) is 7.60. The fraction of sp³-hybridized carbons (Fsp3) is 1.00. The van der Waals surface area contributed by atoms with Gasteiger partial charge in [-0.25, -0.2) is 0 Å². The highest BCUT2D eigenvalue weighted by Gasteiger charge is 2.46. The first-order valence-corrected chi connectivity index (χ1v) is 4.87. The Hall–Kier alpha value is -0.0400. The van der Waals surface area contributed by atoms with Gasteiger partial charge in [0.25, 0.3) is 0 Å². The van der Waals surface area contributed by atoms with Crippen molar-refractivity contribution in [1.29, 1.82) is 0 Å². The largest absolute Gasteiger partial charge is 0.292 e. The number of nitrogens with zero attached hydrogens (tertiary/aromatic N) is 1. The molecular weight excluding hydrogens is 134 g/mol. The molecule has 3 fully saturated rings. The highest BCUT2D eigenvalue weighted by molar-refractivity contribution is 5.01. The molecule has 2 heterocycles. The summed E-state index contributed by atoms with van der Waals surface area (Å²) in [5.74, 6) is 0. The van der Waals surface area contributed by atoms with Crippen molar-refractivity contribution in [1.82, 2.24) is 4.90 Å². The number of piperidine rings is 1. The van der Waals surface area contributed by atoms with Gasteiger partial charge in [0.15, 0.2) is 0 Å². The van der Waals surface area contributed by atoms with Crippen LogP contribution in [0, 0.1) is 0 Å². The van der Waals surface area contributed by atoms with Crippen molar-refractivity contribution in [3.05, 3.63) is 0 Å². The van der Waals surface area contributed by atoms with Gasteiger partial charge in [-0.3, -0.25) is 4.90 Å². The van der Waals surface area contributed by atoms with Crippen LogP contribution in [-0.4, -0.2) is 22.5 Å². The maximum absolute atomic E-state index is 2.72. The Morgan fingerprint density at radius 1 is 1.09 bits per heavy atom. The van der Waals surface area contributed by atoms with E-state index in [4.69, 9.17) is 0 Å². The summed E-state index contributed by atoms with van der Waals surface area (Å²) in [7, 11) is 0. The minimum atomic E-state index is 0.425. The van der Waals surface area contributed by atoms with Gasteiger partial charge in [-0.05, 0) is 40.0 Å². The van der Waals surface area contributed by atoms with Gasteiger partial charge in [-0.1, -0.05) is 6.42 Å². The summed E-state index contributed by atoms with van der Waals surface area (Å²) in [4.78, 5) is 2.72. The van der Waals surface area contributed by atoms with E-state index < -0.39 is 0 Å². The first-order chi connectivity index (χ1) is 5.09. The topological polar surface area (TPSA) is 3.24 Å². The maximum atomic E-state index is 2.72. The Morgan fingerprint density at radius 3 is 1.91 bits per heavy atom. The number of hydrogen-bond donors (Lipinski definition) is 0. The highest BCUT2D eigenvalue weighted by atomic mass is 15.3. The molecule has 0 aromatic carbocycles. The fourth-order valence-electron chi connectivity index (χ4n) is 2.90. The lowest BCUT2D eigenvalue weighted by atomic mass is 9.76.